The van der Waals surface area contributed by atoms with Crippen molar-refractivity contribution >= 4 is 16.0 Å². The summed E-state index contributed by atoms with van der Waals surface area (Å²) in [4.78, 5) is 10.9. The zero-order valence-electron chi connectivity index (χ0n) is 11.0. The fraction of sp³-hybridized carbons (Fsp3) is 0.909. The van der Waals surface area contributed by atoms with Gasteiger partial charge >= 0.3 is 5.97 Å². The average Bonchev–Trinajstić information content (AvgIpc) is 2.23. The van der Waals surface area contributed by atoms with Crippen molar-refractivity contribution in [3.63, 3.8) is 0 Å². The van der Waals surface area contributed by atoms with Crippen LogP contribution in [-0.4, -0.2) is 55.4 Å². The van der Waals surface area contributed by atoms with Crippen molar-refractivity contribution < 1.29 is 23.1 Å². The lowest BCUT2D eigenvalue weighted by Gasteiger charge is -2.47. The Balaban J connectivity index is 2.41. The second kappa shape index (κ2) is 5.54. The third-order valence-electron chi connectivity index (χ3n) is 3.38. The van der Waals surface area contributed by atoms with Crippen LogP contribution in [0.3, 0.4) is 0 Å². The van der Waals surface area contributed by atoms with Crippen LogP contribution in [0.15, 0.2) is 0 Å². The van der Waals surface area contributed by atoms with E-state index in [2.05, 4.69) is 4.74 Å². The van der Waals surface area contributed by atoms with Crippen molar-refractivity contribution in [3.05, 3.63) is 0 Å². The Morgan fingerprint density at radius 3 is 2.44 bits per heavy atom. The highest BCUT2D eigenvalue weighted by atomic mass is 32.2. The van der Waals surface area contributed by atoms with Crippen LogP contribution in [0.5, 0.6) is 0 Å². The van der Waals surface area contributed by atoms with Gasteiger partial charge in [-0.1, -0.05) is 13.8 Å². The second-order valence-corrected chi connectivity index (χ2v) is 7.11. The van der Waals surface area contributed by atoms with Gasteiger partial charge in [-0.2, -0.15) is 4.31 Å². The van der Waals surface area contributed by atoms with Crippen LogP contribution in [0.1, 0.15) is 26.7 Å². The molecule has 0 aromatic carbocycles. The number of esters is 1. The van der Waals surface area contributed by atoms with E-state index in [1.807, 2.05) is 13.8 Å². The van der Waals surface area contributed by atoms with Gasteiger partial charge in [-0.15, -0.1) is 0 Å². The molecular formula is C11H21NO5S. The molecule has 1 N–H and O–H groups in total. The first-order chi connectivity index (χ1) is 8.21. The van der Waals surface area contributed by atoms with E-state index < -0.39 is 21.6 Å². The van der Waals surface area contributed by atoms with Crippen LogP contribution >= 0.6 is 0 Å². The number of sulfonamides is 1. The van der Waals surface area contributed by atoms with Gasteiger partial charge in [-0.3, -0.25) is 4.79 Å². The number of hydrogen-bond acceptors (Lipinski definition) is 5. The summed E-state index contributed by atoms with van der Waals surface area (Å²) in [6.45, 7) is 4.01. The fourth-order valence-electron chi connectivity index (χ4n) is 1.76. The SMILES string of the molecule is COC(=O)CCCS(=O)(=O)N1CC(O)(C(C)C)C1. The minimum atomic E-state index is -3.37. The Morgan fingerprint density at radius 1 is 1.44 bits per heavy atom. The van der Waals surface area contributed by atoms with Gasteiger partial charge in [0.15, 0.2) is 0 Å². The number of methoxy groups -OCH3 is 1. The fourth-order valence-corrected chi connectivity index (χ4v) is 3.36. The molecule has 0 aliphatic carbocycles. The van der Waals surface area contributed by atoms with Crippen molar-refractivity contribution in [1.82, 2.24) is 4.31 Å². The number of aliphatic hydroxyl groups is 1. The summed E-state index contributed by atoms with van der Waals surface area (Å²) < 4.78 is 29.4. The molecule has 0 aromatic rings. The maximum atomic E-state index is 11.9. The van der Waals surface area contributed by atoms with Gasteiger partial charge in [0.2, 0.25) is 10.0 Å². The molecule has 1 aliphatic rings. The highest BCUT2D eigenvalue weighted by Gasteiger charge is 2.48. The Kier molecular flexibility index (Phi) is 4.74. The molecule has 6 nitrogen and oxygen atoms in total. The second-order valence-electron chi connectivity index (χ2n) is 5.02. The summed E-state index contributed by atoms with van der Waals surface area (Å²) in [5.41, 5.74) is -0.907. The van der Waals surface area contributed by atoms with Crippen LogP contribution < -0.4 is 0 Å². The van der Waals surface area contributed by atoms with Crippen LogP contribution in [-0.2, 0) is 19.6 Å². The lowest BCUT2D eigenvalue weighted by molar-refractivity contribution is -0.140. The molecule has 0 spiro atoms. The zero-order valence-corrected chi connectivity index (χ0v) is 11.9. The van der Waals surface area contributed by atoms with Crippen molar-refractivity contribution in [1.29, 1.82) is 0 Å². The topological polar surface area (TPSA) is 83.9 Å². The Labute approximate surface area is 108 Å². The summed E-state index contributed by atoms with van der Waals surface area (Å²) in [5, 5.41) is 9.99. The molecular weight excluding hydrogens is 258 g/mol. The molecule has 0 unspecified atom stereocenters. The summed E-state index contributed by atoms with van der Waals surface area (Å²) in [6, 6.07) is 0. The highest BCUT2D eigenvalue weighted by molar-refractivity contribution is 7.89. The molecule has 7 heteroatoms. The maximum Gasteiger partial charge on any atom is 0.305 e. The molecule has 106 valence electrons. The van der Waals surface area contributed by atoms with E-state index in [0.717, 1.165) is 0 Å². The number of carbonyl (C=O) groups is 1. The molecule has 0 aromatic heterocycles. The monoisotopic (exact) mass is 279 g/mol. The first-order valence-corrected chi connectivity index (χ1v) is 7.59. The van der Waals surface area contributed by atoms with Crippen LogP contribution in [0.4, 0.5) is 0 Å². The molecule has 0 atom stereocenters. The zero-order chi connectivity index (χ0) is 14.0. The van der Waals surface area contributed by atoms with E-state index in [4.69, 9.17) is 0 Å². The maximum absolute atomic E-state index is 11.9. The predicted molar refractivity (Wildman–Crippen MR) is 66.4 cm³/mol. The molecule has 18 heavy (non-hydrogen) atoms. The van der Waals surface area contributed by atoms with E-state index >= 15 is 0 Å². The number of hydrogen-bond donors (Lipinski definition) is 1. The molecule has 1 heterocycles. The van der Waals surface area contributed by atoms with Gasteiger partial charge in [0.1, 0.15) is 0 Å². The molecule has 1 aliphatic heterocycles. The number of ether oxygens (including phenoxy) is 1. The lowest BCUT2D eigenvalue weighted by Crippen LogP contribution is -2.66. The quantitative estimate of drug-likeness (QED) is 0.690. The van der Waals surface area contributed by atoms with Crippen LogP contribution in [0.2, 0.25) is 0 Å². The summed E-state index contributed by atoms with van der Waals surface area (Å²) in [7, 11) is -2.09. The van der Waals surface area contributed by atoms with Gasteiger partial charge in [0, 0.05) is 19.5 Å². The third kappa shape index (κ3) is 3.43. The minimum absolute atomic E-state index is 0.0269. The average molecular weight is 279 g/mol. The van der Waals surface area contributed by atoms with E-state index in [0.29, 0.717) is 0 Å². The number of β-amino-alcohol motifs (C(OH)–C–C–N with tert-alkyl or cyclic N) is 1. The normalized spacial score (nSPS) is 19.6. The largest absolute Gasteiger partial charge is 0.469 e. The smallest absolute Gasteiger partial charge is 0.305 e. The Bertz CT molecular complexity index is 398. The van der Waals surface area contributed by atoms with E-state index in [1.165, 1.54) is 11.4 Å². The van der Waals surface area contributed by atoms with E-state index in [-0.39, 0.29) is 37.6 Å². The van der Waals surface area contributed by atoms with E-state index in [1.54, 1.807) is 0 Å². The summed E-state index contributed by atoms with van der Waals surface area (Å²) >= 11 is 0. The highest BCUT2D eigenvalue weighted by Crippen LogP contribution is 2.30. The Morgan fingerprint density at radius 2 is 2.00 bits per heavy atom. The van der Waals surface area contributed by atoms with Crippen molar-refractivity contribution in [2.45, 2.75) is 32.3 Å². The van der Waals surface area contributed by atoms with Crippen LogP contribution in [0.25, 0.3) is 0 Å². The van der Waals surface area contributed by atoms with Crippen LogP contribution in [0, 0.1) is 5.92 Å². The van der Waals surface area contributed by atoms with Gasteiger partial charge in [0.25, 0.3) is 0 Å². The van der Waals surface area contributed by atoms with Crippen molar-refractivity contribution in [2.75, 3.05) is 26.0 Å². The predicted octanol–water partition coefficient (Wildman–Crippen LogP) is -0.0279. The molecule has 1 saturated heterocycles. The molecule has 1 fully saturated rings. The van der Waals surface area contributed by atoms with E-state index in [9.17, 15) is 18.3 Å². The molecule has 0 amide bonds. The van der Waals surface area contributed by atoms with Crippen molar-refractivity contribution in [2.24, 2.45) is 5.92 Å². The first-order valence-electron chi connectivity index (χ1n) is 5.98. The van der Waals surface area contributed by atoms with Gasteiger partial charge in [-0.05, 0) is 12.3 Å². The number of carbonyl (C=O) groups excluding carboxylic acids is 1. The van der Waals surface area contributed by atoms with Gasteiger partial charge < -0.3 is 9.84 Å². The van der Waals surface area contributed by atoms with Crippen molar-refractivity contribution in [3.8, 4) is 0 Å². The van der Waals surface area contributed by atoms with Gasteiger partial charge in [-0.25, -0.2) is 8.42 Å². The number of rotatable bonds is 6. The standard InChI is InChI=1S/C11H21NO5S/c1-9(2)11(14)7-12(8-11)18(15,16)6-4-5-10(13)17-3/h9,14H,4-8H2,1-3H3. The molecule has 0 saturated carbocycles. The lowest BCUT2D eigenvalue weighted by atomic mass is 9.85. The van der Waals surface area contributed by atoms with Gasteiger partial charge in [0.05, 0.1) is 18.5 Å². The minimum Gasteiger partial charge on any atom is -0.469 e. The summed E-state index contributed by atoms with van der Waals surface area (Å²) in [6.07, 6.45) is 0.337. The third-order valence-corrected chi connectivity index (χ3v) is 5.23. The Hall–Kier alpha value is -0.660. The summed E-state index contributed by atoms with van der Waals surface area (Å²) in [5.74, 6) is -0.470. The molecule has 0 bridgehead atoms. The first kappa shape index (κ1) is 15.4. The molecule has 0 radical (unpaired) electrons. The molecule has 1 rings (SSSR count). The number of nitrogens with zero attached hydrogens (tertiary/aromatic N) is 1.